The standard InChI is InChI=1S/C18H33NO11/c1-7(22)19-10-15(12(24)9(6-21)27-16(10)30-18(2,3)4)29-17-14(26)13(25)11(23)8(5-20)28-17/h8-17,20-21,23-26H,5-6H2,1-4H3,(H,19,22). The molecule has 2 aliphatic rings. The molecule has 7 N–H and O–H groups in total. The van der Waals surface area contributed by atoms with Crippen LogP contribution >= 0.6 is 0 Å². The number of nitrogens with one attached hydrogen (secondary N) is 1. The fraction of sp³-hybridized carbons (Fsp3) is 0.944. The Balaban J connectivity index is 2.32. The monoisotopic (exact) mass is 439 g/mol. The number of hydrogen-bond acceptors (Lipinski definition) is 11. The van der Waals surface area contributed by atoms with Crippen LogP contribution < -0.4 is 5.32 Å². The minimum Gasteiger partial charge on any atom is -0.394 e. The first-order valence-electron chi connectivity index (χ1n) is 9.75. The first kappa shape index (κ1) is 25.3. The summed E-state index contributed by atoms with van der Waals surface area (Å²) < 4.78 is 22.5. The molecule has 2 fully saturated rings. The first-order valence-corrected chi connectivity index (χ1v) is 9.75. The fourth-order valence-electron chi connectivity index (χ4n) is 3.40. The van der Waals surface area contributed by atoms with Gasteiger partial charge in [-0.05, 0) is 20.8 Å². The van der Waals surface area contributed by atoms with Gasteiger partial charge < -0.3 is 54.9 Å². The van der Waals surface area contributed by atoms with Crippen molar-refractivity contribution < 1.29 is 54.4 Å². The van der Waals surface area contributed by atoms with Gasteiger partial charge in [0.05, 0.1) is 18.8 Å². The summed E-state index contributed by atoms with van der Waals surface area (Å²) >= 11 is 0. The van der Waals surface area contributed by atoms with Crippen LogP contribution in [0.4, 0.5) is 0 Å². The van der Waals surface area contributed by atoms with Gasteiger partial charge in [0.2, 0.25) is 5.91 Å². The molecule has 0 bridgehead atoms. The van der Waals surface area contributed by atoms with Crippen LogP contribution in [0.1, 0.15) is 27.7 Å². The largest absolute Gasteiger partial charge is 0.394 e. The summed E-state index contributed by atoms with van der Waals surface area (Å²) in [5.74, 6) is -0.483. The Kier molecular flexibility index (Phi) is 8.55. The van der Waals surface area contributed by atoms with Crippen molar-refractivity contribution >= 4 is 5.91 Å². The zero-order valence-electron chi connectivity index (χ0n) is 17.4. The van der Waals surface area contributed by atoms with Crippen molar-refractivity contribution in [2.45, 2.75) is 94.6 Å². The lowest BCUT2D eigenvalue weighted by Gasteiger charge is -2.48. The summed E-state index contributed by atoms with van der Waals surface area (Å²) in [4.78, 5) is 11.8. The zero-order chi connectivity index (χ0) is 22.8. The van der Waals surface area contributed by atoms with Crippen molar-refractivity contribution in [2.75, 3.05) is 13.2 Å². The van der Waals surface area contributed by atoms with Gasteiger partial charge in [0.1, 0.15) is 48.8 Å². The third-order valence-electron chi connectivity index (χ3n) is 4.83. The SMILES string of the molecule is CC(=O)NC1C(OC(C)(C)C)OC(CO)C(O)C1OC1OC(CO)C(O)C(O)C1O. The summed E-state index contributed by atoms with van der Waals surface area (Å²) in [5.41, 5.74) is -0.725. The third-order valence-corrected chi connectivity index (χ3v) is 4.83. The van der Waals surface area contributed by atoms with Crippen molar-refractivity contribution in [2.24, 2.45) is 0 Å². The normalized spacial score (nSPS) is 42.7. The predicted molar refractivity (Wildman–Crippen MR) is 98.8 cm³/mol. The summed E-state index contributed by atoms with van der Waals surface area (Å²) in [6.07, 6.45) is -12.8. The number of carbonyl (C=O) groups is 1. The molecule has 1 amide bonds. The second kappa shape index (κ2) is 10.1. The molecule has 176 valence electrons. The second-order valence-corrected chi connectivity index (χ2v) is 8.47. The Morgan fingerprint density at radius 1 is 0.900 bits per heavy atom. The van der Waals surface area contributed by atoms with Gasteiger partial charge in [-0.15, -0.1) is 0 Å². The van der Waals surface area contributed by atoms with E-state index < -0.39 is 86.1 Å². The quantitative estimate of drug-likeness (QED) is 0.218. The molecule has 0 aliphatic carbocycles. The number of carbonyl (C=O) groups excluding carboxylic acids is 1. The van der Waals surface area contributed by atoms with Gasteiger partial charge in [-0.3, -0.25) is 4.79 Å². The third kappa shape index (κ3) is 5.85. The van der Waals surface area contributed by atoms with Gasteiger partial charge in [0, 0.05) is 6.92 Å². The van der Waals surface area contributed by atoms with Gasteiger partial charge >= 0.3 is 0 Å². The molecule has 2 rings (SSSR count). The Hall–Kier alpha value is -0.930. The molecule has 12 heteroatoms. The number of hydrogen-bond donors (Lipinski definition) is 7. The van der Waals surface area contributed by atoms with Crippen LogP contribution in [0, 0.1) is 0 Å². The van der Waals surface area contributed by atoms with Gasteiger partial charge in [-0.2, -0.15) is 0 Å². The molecule has 0 saturated carbocycles. The van der Waals surface area contributed by atoms with Gasteiger partial charge in [0.25, 0.3) is 0 Å². The van der Waals surface area contributed by atoms with E-state index in [2.05, 4.69) is 5.32 Å². The minimum atomic E-state index is -1.72. The highest BCUT2D eigenvalue weighted by Gasteiger charge is 2.52. The maximum Gasteiger partial charge on any atom is 0.217 e. The molecule has 10 unspecified atom stereocenters. The maximum absolute atomic E-state index is 11.8. The zero-order valence-corrected chi connectivity index (χ0v) is 17.4. The maximum atomic E-state index is 11.8. The second-order valence-electron chi connectivity index (χ2n) is 8.47. The van der Waals surface area contributed by atoms with Crippen molar-refractivity contribution in [3.63, 3.8) is 0 Å². The van der Waals surface area contributed by atoms with E-state index in [0.29, 0.717) is 0 Å². The molecular weight excluding hydrogens is 406 g/mol. The van der Waals surface area contributed by atoms with E-state index in [-0.39, 0.29) is 0 Å². The van der Waals surface area contributed by atoms with E-state index in [1.54, 1.807) is 20.8 Å². The number of rotatable bonds is 6. The lowest BCUT2D eigenvalue weighted by atomic mass is 9.95. The number of aliphatic hydroxyl groups excluding tert-OH is 6. The molecule has 2 saturated heterocycles. The lowest BCUT2D eigenvalue weighted by Crippen LogP contribution is -2.68. The molecule has 0 aromatic heterocycles. The molecule has 2 heterocycles. The van der Waals surface area contributed by atoms with E-state index in [0.717, 1.165) is 0 Å². The Bertz CT molecular complexity index is 569. The van der Waals surface area contributed by atoms with Gasteiger partial charge in [0.15, 0.2) is 12.6 Å². The highest BCUT2D eigenvalue weighted by molar-refractivity contribution is 5.73. The highest BCUT2D eigenvalue weighted by Crippen LogP contribution is 2.31. The van der Waals surface area contributed by atoms with E-state index in [9.17, 15) is 35.4 Å². The highest BCUT2D eigenvalue weighted by atomic mass is 16.7. The van der Waals surface area contributed by atoms with Crippen LogP contribution in [0.2, 0.25) is 0 Å². The average molecular weight is 439 g/mol. The van der Waals surface area contributed by atoms with Crippen molar-refractivity contribution in [3.8, 4) is 0 Å². The van der Waals surface area contributed by atoms with E-state index in [4.69, 9.17) is 18.9 Å². The van der Waals surface area contributed by atoms with Crippen LogP contribution in [0.25, 0.3) is 0 Å². The summed E-state index contributed by atoms with van der Waals surface area (Å²) in [5, 5.41) is 62.4. The Morgan fingerprint density at radius 2 is 1.43 bits per heavy atom. The first-order chi connectivity index (χ1) is 13.9. The van der Waals surface area contributed by atoms with Crippen LogP contribution in [-0.2, 0) is 23.7 Å². The van der Waals surface area contributed by atoms with Crippen molar-refractivity contribution in [3.05, 3.63) is 0 Å². The molecule has 10 atom stereocenters. The van der Waals surface area contributed by atoms with Crippen LogP contribution in [-0.4, -0.2) is 117 Å². The number of amides is 1. The van der Waals surface area contributed by atoms with Crippen LogP contribution in [0.3, 0.4) is 0 Å². The lowest BCUT2D eigenvalue weighted by molar-refractivity contribution is -0.350. The molecule has 0 aromatic carbocycles. The average Bonchev–Trinajstić information content (AvgIpc) is 2.65. The van der Waals surface area contributed by atoms with Crippen LogP contribution in [0.5, 0.6) is 0 Å². The smallest absolute Gasteiger partial charge is 0.217 e. The molecule has 0 aromatic rings. The van der Waals surface area contributed by atoms with Crippen molar-refractivity contribution in [1.82, 2.24) is 5.32 Å². The molecular formula is C18H33NO11. The summed E-state index contributed by atoms with van der Waals surface area (Å²) in [7, 11) is 0. The summed E-state index contributed by atoms with van der Waals surface area (Å²) in [6, 6.07) is -1.08. The Labute approximate surface area is 174 Å². The van der Waals surface area contributed by atoms with E-state index in [1.807, 2.05) is 0 Å². The van der Waals surface area contributed by atoms with Crippen molar-refractivity contribution in [1.29, 1.82) is 0 Å². The fourth-order valence-corrected chi connectivity index (χ4v) is 3.40. The topological polar surface area (TPSA) is 187 Å². The molecule has 2 aliphatic heterocycles. The minimum absolute atomic E-state index is 0.483. The molecule has 0 radical (unpaired) electrons. The number of aliphatic hydroxyl groups is 6. The van der Waals surface area contributed by atoms with Gasteiger partial charge in [-0.25, -0.2) is 0 Å². The van der Waals surface area contributed by atoms with E-state index in [1.165, 1.54) is 6.92 Å². The predicted octanol–water partition coefficient (Wildman–Crippen LogP) is -3.43. The summed E-state index contributed by atoms with van der Waals surface area (Å²) in [6.45, 7) is 5.22. The number of ether oxygens (including phenoxy) is 4. The van der Waals surface area contributed by atoms with E-state index >= 15 is 0 Å². The molecule has 30 heavy (non-hydrogen) atoms. The van der Waals surface area contributed by atoms with Crippen LogP contribution in [0.15, 0.2) is 0 Å². The van der Waals surface area contributed by atoms with Gasteiger partial charge in [-0.1, -0.05) is 0 Å². The Morgan fingerprint density at radius 3 is 1.93 bits per heavy atom. The molecule has 12 nitrogen and oxygen atoms in total. The molecule has 0 spiro atoms.